The Morgan fingerprint density at radius 2 is 1.67 bits per heavy atom. The molecule has 0 aromatic heterocycles. The first kappa shape index (κ1) is 15.4. The number of carbonyl (C=O) groups excluding carboxylic acids is 1. The van der Waals surface area contributed by atoms with E-state index in [4.69, 9.17) is 4.74 Å². The highest BCUT2D eigenvalue weighted by Crippen LogP contribution is 2.91. The molecule has 2 aromatic rings. The molecule has 0 spiro atoms. The van der Waals surface area contributed by atoms with Crippen molar-refractivity contribution >= 4 is 15.8 Å². The van der Waals surface area contributed by atoms with Crippen LogP contribution in [0.2, 0.25) is 0 Å². The van der Waals surface area contributed by atoms with E-state index in [1.165, 1.54) is 0 Å². The lowest BCUT2D eigenvalue weighted by molar-refractivity contribution is -0.147. The minimum atomic E-state index is -3.61. The van der Waals surface area contributed by atoms with E-state index in [1.807, 2.05) is 30.3 Å². The predicted molar refractivity (Wildman–Crippen MR) is 89.2 cm³/mol. The molecule has 0 heterocycles. The third-order valence-corrected chi connectivity index (χ3v) is 7.95. The quantitative estimate of drug-likeness (QED) is 0.784. The molecule has 0 saturated heterocycles. The van der Waals surface area contributed by atoms with Crippen LogP contribution < -0.4 is 0 Å². The van der Waals surface area contributed by atoms with E-state index in [2.05, 4.69) is 0 Å². The summed E-state index contributed by atoms with van der Waals surface area (Å²) >= 11 is 0. The minimum Gasteiger partial charge on any atom is -0.466 e. The first-order valence-corrected chi connectivity index (χ1v) is 9.52. The summed E-state index contributed by atoms with van der Waals surface area (Å²) in [6, 6.07) is 17.8. The third kappa shape index (κ3) is 1.68. The fourth-order valence-corrected chi connectivity index (χ4v) is 6.76. The van der Waals surface area contributed by atoms with Gasteiger partial charge in [0.2, 0.25) is 0 Å². The largest absolute Gasteiger partial charge is 0.466 e. The molecular weight excluding hydrogens is 324 g/mol. The summed E-state index contributed by atoms with van der Waals surface area (Å²) in [5.41, 5.74) is -0.0321. The molecule has 4 nitrogen and oxygen atoms in total. The number of hydrogen-bond donors (Lipinski definition) is 0. The van der Waals surface area contributed by atoms with Crippen LogP contribution in [0.25, 0.3) is 0 Å². The fraction of sp³-hybridized carbons (Fsp3) is 0.316. The lowest BCUT2D eigenvalue weighted by Gasteiger charge is -2.14. The molecule has 5 heteroatoms. The van der Waals surface area contributed by atoms with Crippen LogP contribution in [0.3, 0.4) is 0 Å². The molecule has 124 valence electrons. The maximum Gasteiger partial charge on any atom is 0.314 e. The highest BCUT2D eigenvalue weighted by Gasteiger charge is 3.01. The first-order chi connectivity index (χ1) is 11.5. The van der Waals surface area contributed by atoms with Crippen LogP contribution in [0.5, 0.6) is 0 Å². The Hall–Kier alpha value is -2.14. The first-order valence-electron chi connectivity index (χ1n) is 8.04. The molecule has 2 aliphatic rings. The molecule has 24 heavy (non-hydrogen) atoms. The highest BCUT2D eigenvalue weighted by atomic mass is 32.2. The molecule has 2 aromatic carbocycles. The van der Waals surface area contributed by atoms with Gasteiger partial charge in [-0.05, 0) is 31.0 Å². The second kappa shape index (κ2) is 4.93. The molecule has 4 rings (SSSR count). The summed E-state index contributed by atoms with van der Waals surface area (Å²) in [5.74, 6) is -0.714. The highest BCUT2D eigenvalue weighted by molar-refractivity contribution is 7.93. The molecule has 3 atom stereocenters. The summed E-state index contributed by atoms with van der Waals surface area (Å²) in [6.45, 7) is 1.99. The van der Waals surface area contributed by atoms with E-state index in [0.29, 0.717) is 6.42 Å². The number of sulfone groups is 1. The van der Waals surface area contributed by atoms with Crippen molar-refractivity contribution in [3.8, 4) is 0 Å². The topological polar surface area (TPSA) is 60.4 Å². The Kier molecular flexibility index (Phi) is 3.16. The Morgan fingerprint density at radius 1 is 1.08 bits per heavy atom. The van der Waals surface area contributed by atoms with Crippen LogP contribution in [0, 0.1) is 5.41 Å². The number of fused-ring (bicyclic) bond motifs is 1. The number of benzene rings is 2. The smallest absolute Gasteiger partial charge is 0.314 e. The van der Waals surface area contributed by atoms with Gasteiger partial charge in [-0.1, -0.05) is 48.5 Å². The monoisotopic (exact) mass is 342 g/mol. The molecule has 0 radical (unpaired) electrons. The molecule has 0 aliphatic heterocycles. The minimum absolute atomic E-state index is 0.254. The number of carbonyl (C=O) groups is 1. The number of ether oxygens (including phenoxy) is 1. The summed E-state index contributed by atoms with van der Waals surface area (Å²) in [4.78, 5) is 12.8. The van der Waals surface area contributed by atoms with Crippen molar-refractivity contribution in [2.75, 3.05) is 6.61 Å². The SMILES string of the molecule is CCOC(=O)[C@]12C[C@@]1(S(=O)(=O)c1ccccc1)[C@@H]2c1ccccc1. The van der Waals surface area contributed by atoms with Gasteiger partial charge in [-0.3, -0.25) is 4.79 Å². The summed E-state index contributed by atoms with van der Waals surface area (Å²) < 4.78 is 30.7. The van der Waals surface area contributed by atoms with Gasteiger partial charge in [0.05, 0.1) is 16.9 Å². The third-order valence-electron chi connectivity index (χ3n) is 5.35. The van der Waals surface area contributed by atoms with E-state index >= 15 is 0 Å². The predicted octanol–water partition coefficient (Wildman–Crippen LogP) is 2.95. The van der Waals surface area contributed by atoms with Crippen molar-refractivity contribution in [1.29, 1.82) is 0 Å². The average Bonchev–Trinajstić information content (AvgIpc) is 3.44. The van der Waals surface area contributed by atoms with Gasteiger partial charge in [-0.25, -0.2) is 8.42 Å². The Morgan fingerprint density at radius 3 is 2.25 bits per heavy atom. The van der Waals surface area contributed by atoms with Crippen LogP contribution in [0.1, 0.15) is 24.8 Å². The fourth-order valence-electron chi connectivity index (χ4n) is 4.14. The summed E-state index contributed by atoms with van der Waals surface area (Å²) in [6.07, 6.45) is 0.343. The standard InChI is InChI=1S/C19H18O4S/c1-2-23-17(20)18-13-19(18,16(18)14-9-5-3-6-10-14)24(21,22)15-11-7-4-8-12-15/h3-12,16H,2,13H2,1H3/t16-,18-,19-/m1/s1. The molecule has 2 saturated carbocycles. The second-order valence-corrected chi connectivity index (χ2v) is 8.63. The molecule has 2 aliphatic carbocycles. The van der Waals surface area contributed by atoms with E-state index in [0.717, 1.165) is 5.56 Å². The van der Waals surface area contributed by atoms with Crippen molar-refractivity contribution < 1.29 is 17.9 Å². The molecule has 2 fully saturated rings. The van der Waals surface area contributed by atoms with E-state index in [-0.39, 0.29) is 17.4 Å². The van der Waals surface area contributed by atoms with E-state index < -0.39 is 26.0 Å². The van der Waals surface area contributed by atoms with Gasteiger partial charge in [-0.15, -0.1) is 0 Å². The number of rotatable bonds is 5. The van der Waals surface area contributed by atoms with Gasteiger partial charge in [-0.2, -0.15) is 0 Å². The number of esters is 1. The van der Waals surface area contributed by atoms with Crippen molar-refractivity contribution in [2.24, 2.45) is 5.41 Å². The zero-order valence-corrected chi connectivity index (χ0v) is 14.1. The molecule has 0 unspecified atom stereocenters. The van der Waals surface area contributed by atoms with Gasteiger partial charge >= 0.3 is 5.97 Å². The lowest BCUT2D eigenvalue weighted by Crippen LogP contribution is -2.18. The van der Waals surface area contributed by atoms with Gasteiger partial charge in [0.25, 0.3) is 0 Å². The van der Waals surface area contributed by atoms with E-state index in [1.54, 1.807) is 37.3 Å². The zero-order valence-electron chi connectivity index (χ0n) is 13.3. The summed E-state index contributed by atoms with van der Waals surface area (Å²) in [5, 5.41) is 0. The van der Waals surface area contributed by atoms with Crippen LogP contribution in [0.15, 0.2) is 65.6 Å². The molecular formula is C19H18O4S. The van der Waals surface area contributed by atoms with Gasteiger partial charge in [0, 0.05) is 5.92 Å². The molecule has 0 bridgehead atoms. The maximum atomic E-state index is 13.2. The van der Waals surface area contributed by atoms with Crippen molar-refractivity contribution in [3.63, 3.8) is 0 Å². The maximum absolute atomic E-state index is 13.2. The van der Waals surface area contributed by atoms with Crippen molar-refractivity contribution in [2.45, 2.75) is 28.9 Å². The van der Waals surface area contributed by atoms with E-state index in [9.17, 15) is 13.2 Å². The van der Waals surface area contributed by atoms with Crippen LogP contribution in [-0.4, -0.2) is 25.7 Å². The van der Waals surface area contributed by atoms with Crippen LogP contribution >= 0.6 is 0 Å². The zero-order chi connectivity index (χ0) is 17.0. The second-order valence-electron chi connectivity index (χ2n) is 6.42. The van der Waals surface area contributed by atoms with Crippen LogP contribution in [-0.2, 0) is 19.4 Å². The normalized spacial score (nSPS) is 30.3. The summed E-state index contributed by atoms with van der Waals surface area (Å²) in [7, 11) is -3.61. The van der Waals surface area contributed by atoms with Gasteiger partial charge < -0.3 is 4.74 Å². The lowest BCUT2D eigenvalue weighted by atomic mass is 9.97. The molecule has 0 amide bonds. The average molecular weight is 342 g/mol. The van der Waals surface area contributed by atoms with Gasteiger partial charge in [0.1, 0.15) is 4.75 Å². The van der Waals surface area contributed by atoms with Crippen molar-refractivity contribution in [3.05, 3.63) is 66.2 Å². The Labute approximate surface area is 141 Å². The van der Waals surface area contributed by atoms with Crippen LogP contribution in [0.4, 0.5) is 0 Å². The van der Waals surface area contributed by atoms with Crippen molar-refractivity contribution in [1.82, 2.24) is 0 Å². The van der Waals surface area contributed by atoms with Gasteiger partial charge in [0.15, 0.2) is 9.84 Å². The Balaban J connectivity index is 1.81. The Bertz CT molecular complexity index is 891. The number of hydrogen-bond acceptors (Lipinski definition) is 4. The molecule has 0 N–H and O–H groups in total.